The van der Waals surface area contributed by atoms with Crippen molar-refractivity contribution < 1.29 is 9.84 Å². The summed E-state index contributed by atoms with van der Waals surface area (Å²) in [5, 5.41) is 15.7. The third kappa shape index (κ3) is 3.97. The van der Waals surface area contributed by atoms with Crippen molar-refractivity contribution in [1.82, 2.24) is 10.2 Å². The standard InChI is InChI=1S/C18H26N2O2/c1-13(19-11-14(21)12-20(2)3)15-9-10-18(22-4)17-8-6-5-7-16(15)17/h5-10,13-14,19,21H,11-12H2,1-4H3. The molecule has 0 amide bonds. The molecule has 0 bridgehead atoms. The molecule has 0 aliphatic carbocycles. The Hall–Kier alpha value is -1.62. The molecule has 0 aromatic heterocycles. The van der Waals surface area contributed by atoms with Gasteiger partial charge < -0.3 is 20.1 Å². The van der Waals surface area contributed by atoms with E-state index in [1.54, 1.807) is 7.11 Å². The molecule has 0 saturated heterocycles. The first kappa shape index (κ1) is 16.7. The Bertz CT molecular complexity index is 613. The molecule has 2 N–H and O–H groups in total. The van der Waals surface area contributed by atoms with Crippen LogP contribution in [0.25, 0.3) is 10.8 Å². The minimum Gasteiger partial charge on any atom is -0.496 e. The molecular weight excluding hydrogens is 276 g/mol. The van der Waals surface area contributed by atoms with Crippen LogP contribution < -0.4 is 10.1 Å². The average molecular weight is 302 g/mol. The van der Waals surface area contributed by atoms with Crippen LogP contribution in [0, 0.1) is 0 Å². The van der Waals surface area contributed by atoms with Crippen molar-refractivity contribution in [2.24, 2.45) is 0 Å². The van der Waals surface area contributed by atoms with Gasteiger partial charge in [-0.1, -0.05) is 30.3 Å². The minimum absolute atomic E-state index is 0.160. The van der Waals surface area contributed by atoms with Gasteiger partial charge in [0, 0.05) is 24.5 Å². The van der Waals surface area contributed by atoms with Crippen LogP contribution in [0.15, 0.2) is 36.4 Å². The van der Waals surface area contributed by atoms with Gasteiger partial charge in [-0.05, 0) is 38.0 Å². The largest absolute Gasteiger partial charge is 0.496 e. The number of fused-ring (bicyclic) bond motifs is 1. The maximum atomic E-state index is 9.99. The maximum Gasteiger partial charge on any atom is 0.126 e. The average Bonchev–Trinajstić information content (AvgIpc) is 2.51. The van der Waals surface area contributed by atoms with Gasteiger partial charge in [0.15, 0.2) is 0 Å². The molecule has 22 heavy (non-hydrogen) atoms. The third-order valence-corrected chi connectivity index (χ3v) is 3.84. The number of rotatable bonds is 7. The van der Waals surface area contributed by atoms with Crippen LogP contribution in [0.5, 0.6) is 5.75 Å². The summed E-state index contributed by atoms with van der Waals surface area (Å²) in [7, 11) is 5.62. The van der Waals surface area contributed by atoms with Gasteiger partial charge in [0.2, 0.25) is 0 Å². The normalized spacial score (nSPS) is 14.3. The number of nitrogens with zero attached hydrogens (tertiary/aromatic N) is 1. The Morgan fingerprint density at radius 1 is 1.14 bits per heavy atom. The van der Waals surface area contributed by atoms with Crippen molar-refractivity contribution >= 4 is 10.8 Å². The van der Waals surface area contributed by atoms with Gasteiger partial charge in [-0.25, -0.2) is 0 Å². The molecule has 0 aliphatic rings. The number of ether oxygens (including phenoxy) is 1. The molecule has 4 heteroatoms. The quantitative estimate of drug-likeness (QED) is 0.824. The van der Waals surface area contributed by atoms with E-state index in [1.807, 2.05) is 37.2 Å². The molecule has 4 nitrogen and oxygen atoms in total. The Balaban J connectivity index is 2.16. The molecule has 0 spiro atoms. The second-order valence-corrected chi connectivity index (χ2v) is 5.95. The van der Waals surface area contributed by atoms with Crippen molar-refractivity contribution in [3.63, 3.8) is 0 Å². The maximum absolute atomic E-state index is 9.99. The number of nitrogens with one attached hydrogen (secondary N) is 1. The summed E-state index contributed by atoms with van der Waals surface area (Å²) in [6.07, 6.45) is -0.373. The van der Waals surface area contributed by atoms with E-state index in [4.69, 9.17) is 4.74 Å². The minimum atomic E-state index is -0.373. The van der Waals surface area contributed by atoms with E-state index in [0.717, 1.165) is 11.1 Å². The molecule has 0 saturated carbocycles. The zero-order valence-electron chi connectivity index (χ0n) is 13.8. The molecule has 0 fully saturated rings. The molecule has 2 aromatic carbocycles. The zero-order valence-corrected chi connectivity index (χ0v) is 13.8. The summed E-state index contributed by atoms with van der Waals surface area (Å²) >= 11 is 0. The first-order chi connectivity index (χ1) is 10.5. The van der Waals surface area contributed by atoms with E-state index in [0.29, 0.717) is 13.1 Å². The van der Waals surface area contributed by atoms with E-state index in [-0.39, 0.29) is 12.1 Å². The summed E-state index contributed by atoms with van der Waals surface area (Å²) in [4.78, 5) is 1.99. The van der Waals surface area contributed by atoms with Crippen LogP contribution in [0.3, 0.4) is 0 Å². The summed E-state index contributed by atoms with van der Waals surface area (Å²) in [5.41, 5.74) is 1.22. The number of aliphatic hydroxyl groups is 1. The van der Waals surface area contributed by atoms with E-state index in [1.165, 1.54) is 10.9 Å². The fourth-order valence-corrected chi connectivity index (χ4v) is 2.76. The van der Waals surface area contributed by atoms with Crippen molar-refractivity contribution in [2.75, 3.05) is 34.3 Å². The van der Waals surface area contributed by atoms with Gasteiger partial charge in [0.05, 0.1) is 13.2 Å². The van der Waals surface area contributed by atoms with Crippen LogP contribution in [-0.4, -0.2) is 50.4 Å². The predicted octanol–water partition coefficient (Wildman–Crippen LogP) is 2.42. The summed E-state index contributed by atoms with van der Waals surface area (Å²) in [6.45, 7) is 3.35. The molecule has 120 valence electrons. The summed E-state index contributed by atoms with van der Waals surface area (Å²) in [6, 6.07) is 12.5. The van der Waals surface area contributed by atoms with Crippen molar-refractivity contribution in [1.29, 1.82) is 0 Å². The number of hydrogen-bond donors (Lipinski definition) is 2. The Morgan fingerprint density at radius 3 is 2.45 bits per heavy atom. The zero-order chi connectivity index (χ0) is 16.1. The molecule has 0 radical (unpaired) electrons. The first-order valence-corrected chi connectivity index (χ1v) is 7.64. The van der Waals surface area contributed by atoms with E-state index in [2.05, 4.69) is 30.4 Å². The van der Waals surface area contributed by atoms with Gasteiger partial charge in [-0.3, -0.25) is 0 Å². The second-order valence-electron chi connectivity index (χ2n) is 5.95. The smallest absolute Gasteiger partial charge is 0.126 e. The molecule has 2 atom stereocenters. The lowest BCUT2D eigenvalue weighted by Gasteiger charge is -2.21. The number of methoxy groups -OCH3 is 1. The van der Waals surface area contributed by atoms with Gasteiger partial charge >= 0.3 is 0 Å². The fraction of sp³-hybridized carbons (Fsp3) is 0.444. The number of likely N-dealkylation sites (N-methyl/N-ethyl adjacent to an activating group) is 1. The predicted molar refractivity (Wildman–Crippen MR) is 91.5 cm³/mol. The lowest BCUT2D eigenvalue weighted by atomic mass is 9.99. The highest BCUT2D eigenvalue weighted by atomic mass is 16.5. The van der Waals surface area contributed by atoms with Gasteiger partial charge in [0.25, 0.3) is 0 Å². The third-order valence-electron chi connectivity index (χ3n) is 3.84. The van der Waals surface area contributed by atoms with Crippen molar-refractivity contribution in [2.45, 2.75) is 19.1 Å². The molecular formula is C18H26N2O2. The molecule has 0 aliphatic heterocycles. The molecule has 2 rings (SSSR count). The lowest BCUT2D eigenvalue weighted by Crippen LogP contribution is -2.36. The second kappa shape index (κ2) is 7.58. The topological polar surface area (TPSA) is 44.7 Å². The number of hydrogen-bond acceptors (Lipinski definition) is 4. The monoisotopic (exact) mass is 302 g/mol. The molecule has 0 heterocycles. The van der Waals surface area contributed by atoms with Gasteiger partial charge in [-0.2, -0.15) is 0 Å². The van der Waals surface area contributed by atoms with Crippen LogP contribution in [0.4, 0.5) is 0 Å². The first-order valence-electron chi connectivity index (χ1n) is 7.64. The molecule has 2 unspecified atom stereocenters. The highest BCUT2D eigenvalue weighted by molar-refractivity contribution is 5.91. The molecule has 2 aromatic rings. The Morgan fingerprint density at radius 2 is 1.82 bits per heavy atom. The van der Waals surface area contributed by atoms with Crippen molar-refractivity contribution in [3.05, 3.63) is 42.0 Å². The number of benzene rings is 2. The Kier molecular flexibility index (Phi) is 5.77. The lowest BCUT2D eigenvalue weighted by molar-refractivity contribution is 0.132. The van der Waals surface area contributed by atoms with E-state index < -0.39 is 0 Å². The fourth-order valence-electron chi connectivity index (χ4n) is 2.76. The highest BCUT2D eigenvalue weighted by Gasteiger charge is 2.13. The van der Waals surface area contributed by atoms with Gasteiger partial charge in [0.1, 0.15) is 5.75 Å². The van der Waals surface area contributed by atoms with Crippen LogP contribution in [0.2, 0.25) is 0 Å². The van der Waals surface area contributed by atoms with Crippen LogP contribution in [0.1, 0.15) is 18.5 Å². The summed E-state index contributed by atoms with van der Waals surface area (Å²) < 4.78 is 5.44. The highest BCUT2D eigenvalue weighted by Crippen LogP contribution is 2.31. The van der Waals surface area contributed by atoms with E-state index >= 15 is 0 Å². The number of aliphatic hydroxyl groups excluding tert-OH is 1. The van der Waals surface area contributed by atoms with E-state index in [9.17, 15) is 5.11 Å². The van der Waals surface area contributed by atoms with Crippen LogP contribution in [-0.2, 0) is 0 Å². The van der Waals surface area contributed by atoms with Crippen LogP contribution >= 0.6 is 0 Å². The Labute approximate surface area is 132 Å². The SMILES string of the molecule is COc1ccc(C(C)NCC(O)CN(C)C)c2ccccc12. The summed E-state index contributed by atoms with van der Waals surface area (Å²) in [5.74, 6) is 0.888. The van der Waals surface area contributed by atoms with Crippen molar-refractivity contribution in [3.8, 4) is 5.75 Å². The van der Waals surface area contributed by atoms with Gasteiger partial charge in [-0.15, -0.1) is 0 Å².